The summed E-state index contributed by atoms with van der Waals surface area (Å²) in [6.07, 6.45) is 2.42. The molecule has 0 fully saturated rings. The van der Waals surface area contributed by atoms with Crippen LogP contribution in [-0.4, -0.2) is 46.5 Å². The van der Waals surface area contributed by atoms with Crippen LogP contribution in [0.2, 0.25) is 0 Å². The minimum atomic E-state index is -0.266. The minimum absolute atomic E-state index is 0.0416. The van der Waals surface area contributed by atoms with Crippen molar-refractivity contribution < 1.29 is 14.6 Å². The molecule has 0 bridgehead atoms. The number of hydrogen-bond donors (Lipinski definition) is 2. The lowest BCUT2D eigenvalue weighted by Crippen LogP contribution is -2.39. The second-order valence-corrected chi connectivity index (χ2v) is 8.19. The van der Waals surface area contributed by atoms with E-state index < -0.39 is 0 Å². The third-order valence-electron chi connectivity index (χ3n) is 5.27. The molecule has 2 amide bonds. The molecule has 1 aromatic heterocycles. The maximum absolute atomic E-state index is 13.0. The van der Waals surface area contributed by atoms with Crippen LogP contribution in [0.5, 0.6) is 5.75 Å². The Morgan fingerprint density at radius 2 is 2.03 bits per heavy atom. The molecule has 0 aliphatic heterocycles. The molecule has 2 N–H and O–H groups in total. The smallest absolute Gasteiger partial charge is 0.324 e. The largest absolute Gasteiger partial charge is 0.497 e. The van der Waals surface area contributed by atoms with Crippen molar-refractivity contribution in [2.45, 2.75) is 25.3 Å². The Hall–Kier alpha value is -2.97. The molecule has 0 saturated heterocycles. The summed E-state index contributed by atoms with van der Waals surface area (Å²) in [5.41, 5.74) is 3.50. The molecular weight excluding hydrogens is 400 g/mol. The molecule has 0 saturated carbocycles. The van der Waals surface area contributed by atoms with Gasteiger partial charge in [0.1, 0.15) is 10.8 Å². The molecule has 4 rings (SSSR count). The van der Waals surface area contributed by atoms with Crippen molar-refractivity contribution >= 4 is 22.5 Å². The molecule has 7 nitrogen and oxygen atoms in total. The Bertz CT molecular complexity index is 1010. The number of aryl methyl sites for hydroxylation is 1. The summed E-state index contributed by atoms with van der Waals surface area (Å²) in [6.45, 7) is 0.174. The molecule has 1 atom stereocenters. The SMILES string of the molecule is COc1ccc(Cc2nnc(NC(=O)N(CCO)C3CCc4ccccc43)s2)cc1. The number of fused-ring (bicyclic) bond motifs is 1. The lowest BCUT2D eigenvalue weighted by Gasteiger charge is -2.28. The predicted octanol–water partition coefficient (Wildman–Crippen LogP) is 3.65. The number of carbonyl (C=O) groups excluding carboxylic acids is 1. The third-order valence-corrected chi connectivity index (χ3v) is 6.11. The van der Waals surface area contributed by atoms with Gasteiger partial charge in [-0.3, -0.25) is 5.32 Å². The number of urea groups is 1. The number of benzene rings is 2. The van der Waals surface area contributed by atoms with Gasteiger partial charge in [0.2, 0.25) is 5.13 Å². The standard InChI is InChI=1S/C22H24N4O3S/c1-29-17-9-6-15(7-10-17)14-20-24-25-21(30-20)23-22(28)26(12-13-27)19-11-8-16-4-2-3-5-18(16)19/h2-7,9-10,19,27H,8,11-14H2,1H3,(H,23,25,28). The van der Waals surface area contributed by atoms with Gasteiger partial charge in [-0.15, -0.1) is 10.2 Å². The summed E-state index contributed by atoms with van der Waals surface area (Å²) in [4.78, 5) is 14.7. The number of nitrogens with zero attached hydrogens (tertiary/aromatic N) is 3. The number of amides is 2. The van der Waals surface area contributed by atoms with Crippen LogP contribution in [-0.2, 0) is 12.8 Å². The van der Waals surface area contributed by atoms with E-state index >= 15 is 0 Å². The summed E-state index contributed by atoms with van der Waals surface area (Å²) in [5, 5.41) is 22.0. The van der Waals surface area contributed by atoms with Crippen LogP contribution < -0.4 is 10.1 Å². The molecule has 1 unspecified atom stereocenters. The summed E-state index contributed by atoms with van der Waals surface area (Å²) >= 11 is 1.36. The molecule has 1 heterocycles. The predicted molar refractivity (Wildman–Crippen MR) is 116 cm³/mol. The van der Waals surface area contributed by atoms with E-state index in [1.807, 2.05) is 36.4 Å². The Kier molecular flexibility index (Phi) is 6.25. The zero-order chi connectivity index (χ0) is 20.9. The van der Waals surface area contributed by atoms with Crippen LogP contribution in [0.3, 0.4) is 0 Å². The van der Waals surface area contributed by atoms with Crippen LogP contribution >= 0.6 is 11.3 Å². The monoisotopic (exact) mass is 424 g/mol. The molecule has 156 valence electrons. The second-order valence-electron chi connectivity index (χ2n) is 7.13. The highest BCUT2D eigenvalue weighted by atomic mass is 32.1. The lowest BCUT2D eigenvalue weighted by molar-refractivity contribution is 0.162. The fourth-order valence-corrected chi connectivity index (χ4v) is 4.59. The van der Waals surface area contributed by atoms with Crippen LogP contribution in [0, 0.1) is 0 Å². The molecule has 3 aromatic rings. The Balaban J connectivity index is 1.43. The van der Waals surface area contributed by atoms with E-state index in [2.05, 4.69) is 27.6 Å². The Morgan fingerprint density at radius 3 is 2.80 bits per heavy atom. The van der Waals surface area contributed by atoms with Gasteiger partial charge in [-0.1, -0.05) is 47.7 Å². The maximum atomic E-state index is 13.0. The number of anilines is 1. The Morgan fingerprint density at radius 1 is 1.23 bits per heavy atom. The number of nitrogens with one attached hydrogen (secondary N) is 1. The first kappa shape index (κ1) is 20.3. The molecule has 30 heavy (non-hydrogen) atoms. The number of aromatic nitrogens is 2. The normalized spacial score (nSPS) is 14.9. The Labute approximate surface area is 179 Å². The first-order chi connectivity index (χ1) is 14.7. The summed E-state index contributed by atoms with van der Waals surface area (Å²) < 4.78 is 5.18. The average Bonchev–Trinajstić information content (AvgIpc) is 3.39. The second kappa shape index (κ2) is 9.23. The van der Waals surface area contributed by atoms with Gasteiger partial charge in [-0.2, -0.15) is 0 Å². The van der Waals surface area contributed by atoms with Gasteiger partial charge < -0.3 is 14.7 Å². The van der Waals surface area contributed by atoms with Crippen LogP contribution in [0.15, 0.2) is 48.5 Å². The maximum Gasteiger partial charge on any atom is 0.324 e. The number of methoxy groups -OCH3 is 1. The fourth-order valence-electron chi connectivity index (χ4n) is 3.82. The molecule has 0 radical (unpaired) electrons. The van der Waals surface area contributed by atoms with E-state index in [0.717, 1.165) is 34.7 Å². The van der Waals surface area contributed by atoms with Crippen molar-refractivity contribution in [2.75, 3.05) is 25.6 Å². The van der Waals surface area contributed by atoms with E-state index in [9.17, 15) is 9.90 Å². The van der Waals surface area contributed by atoms with Crippen LogP contribution in [0.4, 0.5) is 9.93 Å². The summed E-state index contributed by atoms with van der Waals surface area (Å²) in [7, 11) is 1.64. The van der Waals surface area contributed by atoms with Gasteiger partial charge in [-0.05, 0) is 41.7 Å². The average molecular weight is 425 g/mol. The number of hydrogen-bond acceptors (Lipinski definition) is 6. The molecule has 1 aliphatic rings. The van der Waals surface area contributed by atoms with Crippen molar-refractivity contribution in [3.63, 3.8) is 0 Å². The van der Waals surface area contributed by atoms with Gasteiger partial charge >= 0.3 is 6.03 Å². The van der Waals surface area contributed by atoms with Crippen molar-refractivity contribution in [3.8, 4) is 5.75 Å². The minimum Gasteiger partial charge on any atom is -0.497 e. The van der Waals surface area contributed by atoms with E-state index in [1.165, 1.54) is 16.9 Å². The van der Waals surface area contributed by atoms with Gasteiger partial charge in [0.05, 0.1) is 19.8 Å². The fraction of sp³-hybridized carbons (Fsp3) is 0.318. The molecule has 1 aliphatic carbocycles. The highest BCUT2D eigenvalue weighted by molar-refractivity contribution is 7.15. The van der Waals surface area contributed by atoms with Crippen molar-refractivity contribution in [1.82, 2.24) is 15.1 Å². The summed E-state index contributed by atoms with van der Waals surface area (Å²) in [5.74, 6) is 0.807. The zero-order valence-corrected chi connectivity index (χ0v) is 17.6. The van der Waals surface area contributed by atoms with Crippen molar-refractivity contribution in [1.29, 1.82) is 0 Å². The highest BCUT2D eigenvalue weighted by Crippen LogP contribution is 2.36. The number of carbonyl (C=O) groups is 1. The molecule has 0 spiro atoms. The molecule has 2 aromatic carbocycles. The topological polar surface area (TPSA) is 87.6 Å². The first-order valence-corrected chi connectivity index (χ1v) is 10.7. The van der Waals surface area contributed by atoms with E-state index in [-0.39, 0.29) is 25.2 Å². The number of aliphatic hydroxyl groups is 1. The van der Waals surface area contributed by atoms with E-state index in [0.29, 0.717) is 11.6 Å². The zero-order valence-electron chi connectivity index (χ0n) is 16.7. The summed E-state index contributed by atoms with van der Waals surface area (Å²) in [6, 6.07) is 15.6. The quantitative estimate of drug-likeness (QED) is 0.605. The number of ether oxygens (including phenoxy) is 1. The molecular formula is C22H24N4O3S. The first-order valence-electron chi connectivity index (χ1n) is 9.89. The van der Waals surface area contributed by atoms with E-state index in [1.54, 1.807) is 12.0 Å². The van der Waals surface area contributed by atoms with Gasteiger partial charge in [0.25, 0.3) is 0 Å². The number of aliphatic hydroxyl groups excluding tert-OH is 1. The van der Waals surface area contributed by atoms with Gasteiger partial charge in [0.15, 0.2) is 0 Å². The molecule has 8 heteroatoms. The van der Waals surface area contributed by atoms with Gasteiger partial charge in [-0.25, -0.2) is 4.79 Å². The highest BCUT2D eigenvalue weighted by Gasteiger charge is 2.31. The van der Waals surface area contributed by atoms with Gasteiger partial charge in [0, 0.05) is 13.0 Å². The van der Waals surface area contributed by atoms with Crippen molar-refractivity contribution in [2.24, 2.45) is 0 Å². The van der Waals surface area contributed by atoms with Crippen LogP contribution in [0.25, 0.3) is 0 Å². The van der Waals surface area contributed by atoms with Crippen LogP contribution in [0.1, 0.15) is 34.2 Å². The van der Waals surface area contributed by atoms with E-state index in [4.69, 9.17) is 4.74 Å². The third kappa shape index (κ3) is 4.44. The number of rotatable bonds is 7. The van der Waals surface area contributed by atoms with Crippen molar-refractivity contribution in [3.05, 3.63) is 70.2 Å². The lowest BCUT2D eigenvalue weighted by atomic mass is 10.1.